The minimum atomic E-state index is -0.858. The Kier molecular flexibility index (Phi) is 3.25. The molecule has 1 aliphatic rings. The Hall–Kier alpha value is -1.82. The van der Waals surface area contributed by atoms with E-state index in [0.29, 0.717) is 18.9 Å². The molecule has 1 heterocycles. The Balaban J connectivity index is 1.90. The molecule has 0 saturated heterocycles. The lowest BCUT2D eigenvalue weighted by Crippen LogP contribution is -2.27. The van der Waals surface area contributed by atoms with Crippen molar-refractivity contribution < 1.29 is 14.4 Å². The normalized spacial score (nSPS) is 13.5. The molecule has 0 bridgehead atoms. The predicted octanol–water partition coefficient (Wildman–Crippen LogP) is 1.16. The third-order valence-corrected chi connectivity index (χ3v) is 3.20. The molecule has 0 atom stereocenters. The van der Waals surface area contributed by atoms with Gasteiger partial charge in [-0.1, -0.05) is 24.3 Å². The molecule has 4 nitrogen and oxygen atoms in total. The first-order valence-corrected chi connectivity index (χ1v) is 6.16. The fourth-order valence-corrected chi connectivity index (χ4v) is 2.16. The van der Waals surface area contributed by atoms with Gasteiger partial charge >= 0.3 is 7.12 Å². The standard InChI is InChI=1S/C14H14BNO3/c16-8-10-3-1-2-4-14(10)19-12-6-5-11-9-18-15(17)13(11)7-12/h1-7,17H,8-9,16H2. The van der Waals surface area contributed by atoms with Crippen LogP contribution in [-0.2, 0) is 17.8 Å². The number of rotatable bonds is 3. The highest BCUT2D eigenvalue weighted by molar-refractivity contribution is 6.61. The van der Waals surface area contributed by atoms with E-state index in [1.165, 1.54) is 0 Å². The minimum absolute atomic E-state index is 0.423. The second-order valence-electron chi connectivity index (χ2n) is 4.44. The van der Waals surface area contributed by atoms with Gasteiger partial charge in [-0.3, -0.25) is 0 Å². The number of hydrogen-bond acceptors (Lipinski definition) is 4. The minimum Gasteiger partial charge on any atom is -0.457 e. The molecule has 0 unspecified atom stereocenters. The van der Waals surface area contributed by atoms with Crippen molar-refractivity contribution in [1.82, 2.24) is 0 Å². The molecule has 0 saturated carbocycles. The van der Waals surface area contributed by atoms with Crippen LogP contribution in [0.5, 0.6) is 11.5 Å². The maximum atomic E-state index is 9.67. The smallest absolute Gasteiger partial charge is 0.457 e. The van der Waals surface area contributed by atoms with E-state index in [-0.39, 0.29) is 0 Å². The van der Waals surface area contributed by atoms with E-state index in [9.17, 15) is 5.02 Å². The lowest BCUT2D eigenvalue weighted by Gasteiger charge is -2.10. The van der Waals surface area contributed by atoms with Crippen molar-refractivity contribution in [2.45, 2.75) is 13.2 Å². The quantitative estimate of drug-likeness (QED) is 0.807. The second kappa shape index (κ2) is 5.05. The highest BCUT2D eigenvalue weighted by Gasteiger charge is 2.27. The van der Waals surface area contributed by atoms with Gasteiger partial charge in [-0.2, -0.15) is 0 Å². The average molecular weight is 255 g/mol. The second-order valence-corrected chi connectivity index (χ2v) is 4.44. The lowest BCUT2D eigenvalue weighted by molar-refractivity contribution is 0.275. The summed E-state index contributed by atoms with van der Waals surface area (Å²) in [5, 5.41) is 9.67. The number of ether oxygens (including phenoxy) is 1. The highest BCUT2D eigenvalue weighted by Crippen LogP contribution is 2.25. The summed E-state index contributed by atoms with van der Waals surface area (Å²) in [5.74, 6) is 1.41. The Labute approximate surface area is 111 Å². The summed E-state index contributed by atoms with van der Waals surface area (Å²) in [5.41, 5.74) is 8.38. The lowest BCUT2D eigenvalue weighted by atomic mass is 9.79. The Morgan fingerprint density at radius 1 is 1.26 bits per heavy atom. The van der Waals surface area contributed by atoms with Gasteiger partial charge in [0, 0.05) is 12.1 Å². The van der Waals surface area contributed by atoms with Gasteiger partial charge in [-0.25, -0.2) is 0 Å². The molecule has 3 rings (SSSR count). The number of para-hydroxylation sites is 1. The molecule has 96 valence electrons. The first-order chi connectivity index (χ1) is 9.28. The van der Waals surface area contributed by atoms with E-state index >= 15 is 0 Å². The van der Waals surface area contributed by atoms with Crippen LogP contribution in [0.15, 0.2) is 42.5 Å². The van der Waals surface area contributed by atoms with E-state index in [4.69, 9.17) is 15.1 Å². The topological polar surface area (TPSA) is 64.7 Å². The van der Waals surface area contributed by atoms with Gasteiger partial charge in [-0.05, 0) is 29.2 Å². The van der Waals surface area contributed by atoms with Gasteiger partial charge in [-0.15, -0.1) is 0 Å². The number of fused-ring (bicyclic) bond motifs is 1. The maximum Gasteiger partial charge on any atom is 0.491 e. The SMILES string of the molecule is NCc1ccccc1Oc1ccc2c(c1)B(O)OC2. The molecule has 2 aromatic carbocycles. The first kappa shape index (κ1) is 12.2. The summed E-state index contributed by atoms with van der Waals surface area (Å²) < 4.78 is 11.0. The molecule has 3 N–H and O–H groups in total. The van der Waals surface area contributed by atoms with E-state index in [2.05, 4.69) is 0 Å². The highest BCUT2D eigenvalue weighted by atomic mass is 16.5. The maximum absolute atomic E-state index is 9.67. The van der Waals surface area contributed by atoms with Crippen molar-refractivity contribution >= 4 is 12.6 Å². The number of nitrogens with two attached hydrogens (primary N) is 1. The molecule has 0 aliphatic carbocycles. The van der Waals surface area contributed by atoms with Crippen LogP contribution in [0.2, 0.25) is 0 Å². The van der Waals surface area contributed by atoms with Crippen molar-refractivity contribution in [3.63, 3.8) is 0 Å². The van der Waals surface area contributed by atoms with Gasteiger partial charge in [0.25, 0.3) is 0 Å². The largest absolute Gasteiger partial charge is 0.491 e. The third kappa shape index (κ3) is 2.36. The van der Waals surface area contributed by atoms with Crippen LogP contribution in [-0.4, -0.2) is 12.1 Å². The van der Waals surface area contributed by atoms with E-state index in [0.717, 1.165) is 22.3 Å². The third-order valence-electron chi connectivity index (χ3n) is 3.20. The Bertz CT molecular complexity index is 603. The molecule has 0 aromatic heterocycles. The molecule has 0 amide bonds. The average Bonchev–Trinajstić information content (AvgIpc) is 2.81. The van der Waals surface area contributed by atoms with Gasteiger partial charge < -0.3 is 20.1 Å². The van der Waals surface area contributed by atoms with Gasteiger partial charge in [0.05, 0.1) is 6.61 Å². The van der Waals surface area contributed by atoms with Crippen molar-refractivity contribution in [1.29, 1.82) is 0 Å². The summed E-state index contributed by atoms with van der Waals surface area (Å²) in [4.78, 5) is 0. The summed E-state index contributed by atoms with van der Waals surface area (Å²) >= 11 is 0. The van der Waals surface area contributed by atoms with Crippen molar-refractivity contribution in [2.75, 3.05) is 0 Å². The van der Waals surface area contributed by atoms with Crippen LogP contribution < -0.4 is 15.9 Å². The summed E-state index contributed by atoms with van der Waals surface area (Å²) in [7, 11) is -0.858. The van der Waals surface area contributed by atoms with Crippen LogP contribution in [0.3, 0.4) is 0 Å². The van der Waals surface area contributed by atoms with Gasteiger partial charge in [0.1, 0.15) is 11.5 Å². The fraction of sp³-hybridized carbons (Fsp3) is 0.143. The van der Waals surface area contributed by atoms with E-state index in [1.807, 2.05) is 36.4 Å². The molecular formula is C14H14BNO3. The molecule has 0 spiro atoms. The van der Waals surface area contributed by atoms with Crippen LogP contribution >= 0.6 is 0 Å². The molecular weight excluding hydrogens is 241 g/mol. The Morgan fingerprint density at radius 3 is 2.95 bits per heavy atom. The molecule has 5 heteroatoms. The van der Waals surface area contributed by atoms with Gasteiger partial charge in [0.2, 0.25) is 0 Å². The zero-order valence-electron chi connectivity index (χ0n) is 10.4. The van der Waals surface area contributed by atoms with Crippen LogP contribution in [0.25, 0.3) is 0 Å². The van der Waals surface area contributed by atoms with Crippen molar-refractivity contribution in [3.8, 4) is 11.5 Å². The van der Waals surface area contributed by atoms with Gasteiger partial charge in [0.15, 0.2) is 0 Å². The fourth-order valence-electron chi connectivity index (χ4n) is 2.16. The van der Waals surface area contributed by atoms with E-state index in [1.54, 1.807) is 6.07 Å². The summed E-state index contributed by atoms with van der Waals surface area (Å²) in [6.45, 7) is 0.864. The number of benzene rings is 2. The summed E-state index contributed by atoms with van der Waals surface area (Å²) in [6.07, 6.45) is 0. The molecule has 1 aliphatic heterocycles. The predicted molar refractivity (Wildman–Crippen MR) is 73.2 cm³/mol. The zero-order valence-corrected chi connectivity index (χ0v) is 10.4. The monoisotopic (exact) mass is 255 g/mol. The molecule has 0 fully saturated rings. The number of hydrogen-bond donors (Lipinski definition) is 2. The van der Waals surface area contributed by atoms with Crippen molar-refractivity contribution in [2.24, 2.45) is 5.73 Å². The Morgan fingerprint density at radius 2 is 2.11 bits per heavy atom. The molecule has 19 heavy (non-hydrogen) atoms. The molecule has 0 radical (unpaired) electrons. The summed E-state index contributed by atoms with van der Waals surface area (Å²) in [6, 6.07) is 13.2. The molecule has 2 aromatic rings. The van der Waals surface area contributed by atoms with Crippen LogP contribution in [0, 0.1) is 0 Å². The van der Waals surface area contributed by atoms with Crippen molar-refractivity contribution in [3.05, 3.63) is 53.6 Å². The van der Waals surface area contributed by atoms with Crippen LogP contribution in [0.1, 0.15) is 11.1 Å². The zero-order chi connectivity index (χ0) is 13.2. The first-order valence-electron chi connectivity index (χ1n) is 6.16. The van der Waals surface area contributed by atoms with Crippen LogP contribution in [0.4, 0.5) is 0 Å². The van der Waals surface area contributed by atoms with E-state index < -0.39 is 7.12 Å².